The lowest BCUT2D eigenvalue weighted by molar-refractivity contribution is -0.132. The van der Waals surface area contributed by atoms with Crippen molar-refractivity contribution in [2.75, 3.05) is 53.0 Å². The van der Waals surface area contributed by atoms with Gasteiger partial charge in [-0.15, -0.1) is 0 Å². The molecule has 0 spiro atoms. The predicted molar refractivity (Wildman–Crippen MR) is 96.7 cm³/mol. The van der Waals surface area contributed by atoms with E-state index in [0.29, 0.717) is 6.54 Å². The SMILES string of the molecule is CN1CCO[C@@H](CNCc2ccccc2OCC(=O)N2CCCC2)C1. The van der Waals surface area contributed by atoms with Gasteiger partial charge in [-0.1, -0.05) is 18.2 Å². The maximum absolute atomic E-state index is 12.1. The molecule has 2 fully saturated rings. The molecule has 2 heterocycles. The van der Waals surface area contributed by atoms with Gasteiger partial charge in [0.1, 0.15) is 5.75 Å². The third kappa shape index (κ3) is 5.42. The van der Waals surface area contributed by atoms with E-state index in [1.807, 2.05) is 29.2 Å². The summed E-state index contributed by atoms with van der Waals surface area (Å²) in [6, 6.07) is 7.91. The van der Waals surface area contributed by atoms with Crippen LogP contribution in [0.4, 0.5) is 0 Å². The van der Waals surface area contributed by atoms with E-state index in [1.54, 1.807) is 0 Å². The lowest BCUT2D eigenvalue weighted by atomic mass is 10.2. The molecule has 1 aromatic carbocycles. The quantitative estimate of drug-likeness (QED) is 0.801. The zero-order valence-corrected chi connectivity index (χ0v) is 15.1. The highest BCUT2D eigenvalue weighted by molar-refractivity contribution is 5.78. The van der Waals surface area contributed by atoms with Gasteiger partial charge in [0, 0.05) is 44.8 Å². The van der Waals surface area contributed by atoms with E-state index >= 15 is 0 Å². The number of nitrogens with zero attached hydrogens (tertiary/aromatic N) is 2. The maximum Gasteiger partial charge on any atom is 0.260 e. The summed E-state index contributed by atoms with van der Waals surface area (Å²) >= 11 is 0. The van der Waals surface area contributed by atoms with E-state index in [0.717, 1.165) is 63.5 Å². The van der Waals surface area contributed by atoms with Crippen LogP contribution in [-0.4, -0.2) is 74.8 Å². The van der Waals surface area contributed by atoms with Gasteiger partial charge in [0.2, 0.25) is 0 Å². The van der Waals surface area contributed by atoms with Crippen LogP contribution >= 0.6 is 0 Å². The average Bonchev–Trinajstić information content (AvgIpc) is 3.15. The molecule has 25 heavy (non-hydrogen) atoms. The number of nitrogens with one attached hydrogen (secondary N) is 1. The van der Waals surface area contributed by atoms with Gasteiger partial charge in [-0.3, -0.25) is 4.79 Å². The maximum atomic E-state index is 12.1. The van der Waals surface area contributed by atoms with Crippen molar-refractivity contribution in [1.82, 2.24) is 15.1 Å². The number of ether oxygens (including phenoxy) is 2. The number of hydrogen-bond donors (Lipinski definition) is 1. The van der Waals surface area contributed by atoms with Crippen LogP contribution in [0.3, 0.4) is 0 Å². The van der Waals surface area contributed by atoms with Gasteiger partial charge in [-0.25, -0.2) is 0 Å². The van der Waals surface area contributed by atoms with Gasteiger partial charge >= 0.3 is 0 Å². The second-order valence-electron chi connectivity index (χ2n) is 6.87. The van der Waals surface area contributed by atoms with E-state index in [9.17, 15) is 4.79 Å². The highest BCUT2D eigenvalue weighted by atomic mass is 16.5. The Labute approximate surface area is 150 Å². The summed E-state index contributed by atoms with van der Waals surface area (Å²) in [6.45, 7) is 6.11. The number of rotatable bonds is 7. The standard InChI is InChI=1S/C19H29N3O3/c1-21-10-11-24-17(14-21)13-20-12-16-6-2-3-7-18(16)25-15-19(23)22-8-4-5-9-22/h2-3,6-7,17,20H,4-5,8-15H2,1H3/t17-/m0/s1. The van der Waals surface area contributed by atoms with Gasteiger partial charge in [0.25, 0.3) is 5.91 Å². The summed E-state index contributed by atoms with van der Waals surface area (Å²) in [5.74, 6) is 0.864. The third-order valence-electron chi connectivity index (χ3n) is 4.81. The van der Waals surface area contributed by atoms with Crippen LogP contribution in [-0.2, 0) is 16.1 Å². The Kier molecular flexibility index (Phi) is 6.67. The van der Waals surface area contributed by atoms with Crippen LogP contribution in [0.2, 0.25) is 0 Å². The van der Waals surface area contributed by atoms with Crippen molar-refractivity contribution < 1.29 is 14.3 Å². The molecule has 1 N–H and O–H groups in total. The van der Waals surface area contributed by atoms with E-state index in [-0.39, 0.29) is 18.6 Å². The second-order valence-corrected chi connectivity index (χ2v) is 6.87. The van der Waals surface area contributed by atoms with Crippen LogP contribution in [0.15, 0.2) is 24.3 Å². The fourth-order valence-corrected chi connectivity index (χ4v) is 3.35. The number of carbonyl (C=O) groups is 1. The summed E-state index contributed by atoms with van der Waals surface area (Å²) in [5.41, 5.74) is 1.07. The van der Waals surface area contributed by atoms with Crippen molar-refractivity contribution in [2.24, 2.45) is 0 Å². The van der Waals surface area contributed by atoms with E-state index < -0.39 is 0 Å². The Balaban J connectivity index is 1.46. The van der Waals surface area contributed by atoms with Crippen LogP contribution < -0.4 is 10.1 Å². The largest absolute Gasteiger partial charge is 0.483 e. The molecule has 6 nitrogen and oxygen atoms in total. The van der Waals surface area contributed by atoms with E-state index in [1.165, 1.54) is 0 Å². The second kappa shape index (κ2) is 9.17. The van der Waals surface area contributed by atoms with Crippen molar-refractivity contribution in [2.45, 2.75) is 25.5 Å². The molecular weight excluding hydrogens is 318 g/mol. The number of benzene rings is 1. The van der Waals surface area contributed by atoms with Crippen LogP contribution in [0.25, 0.3) is 0 Å². The van der Waals surface area contributed by atoms with Gasteiger partial charge in [-0.05, 0) is 26.0 Å². The summed E-state index contributed by atoms with van der Waals surface area (Å²) < 4.78 is 11.6. The average molecular weight is 347 g/mol. The molecule has 2 saturated heterocycles. The van der Waals surface area contributed by atoms with E-state index in [2.05, 4.69) is 17.3 Å². The Morgan fingerprint density at radius 2 is 2.08 bits per heavy atom. The molecule has 0 saturated carbocycles. The van der Waals surface area contributed by atoms with Gasteiger partial charge in [0.05, 0.1) is 12.7 Å². The smallest absolute Gasteiger partial charge is 0.260 e. The molecule has 3 rings (SSSR count). The molecule has 1 amide bonds. The number of likely N-dealkylation sites (N-methyl/N-ethyl adjacent to an activating group) is 1. The summed E-state index contributed by atoms with van der Waals surface area (Å²) in [5, 5.41) is 3.45. The van der Waals surface area contributed by atoms with Crippen molar-refractivity contribution in [1.29, 1.82) is 0 Å². The first kappa shape index (κ1) is 18.2. The van der Waals surface area contributed by atoms with Crippen molar-refractivity contribution in [3.63, 3.8) is 0 Å². The number of likely N-dealkylation sites (tertiary alicyclic amines) is 1. The molecule has 0 unspecified atom stereocenters. The van der Waals surface area contributed by atoms with Crippen LogP contribution in [0, 0.1) is 0 Å². The predicted octanol–water partition coefficient (Wildman–Crippen LogP) is 1.11. The number of hydrogen-bond acceptors (Lipinski definition) is 5. The molecule has 0 radical (unpaired) electrons. The highest BCUT2D eigenvalue weighted by Crippen LogP contribution is 2.18. The monoisotopic (exact) mass is 347 g/mol. The Morgan fingerprint density at radius 1 is 1.28 bits per heavy atom. The summed E-state index contributed by atoms with van der Waals surface area (Å²) in [4.78, 5) is 16.3. The molecule has 0 bridgehead atoms. The zero-order valence-electron chi connectivity index (χ0n) is 15.1. The first-order valence-electron chi connectivity index (χ1n) is 9.22. The van der Waals surface area contributed by atoms with Gasteiger partial charge in [0.15, 0.2) is 6.61 Å². The molecule has 6 heteroatoms. The van der Waals surface area contributed by atoms with Crippen molar-refractivity contribution >= 4 is 5.91 Å². The molecule has 1 aromatic rings. The minimum Gasteiger partial charge on any atom is -0.483 e. The fourth-order valence-electron chi connectivity index (χ4n) is 3.35. The minimum absolute atomic E-state index is 0.0823. The molecular formula is C19H29N3O3. The lowest BCUT2D eigenvalue weighted by Crippen LogP contribution is -2.44. The van der Waals surface area contributed by atoms with Crippen LogP contribution in [0.5, 0.6) is 5.75 Å². The summed E-state index contributed by atoms with van der Waals surface area (Å²) in [7, 11) is 2.12. The fraction of sp³-hybridized carbons (Fsp3) is 0.632. The number of morpholine rings is 1. The molecule has 138 valence electrons. The Hall–Kier alpha value is -1.63. The third-order valence-corrected chi connectivity index (χ3v) is 4.81. The highest BCUT2D eigenvalue weighted by Gasteiger charge is 2.19. The lowest BCUT2D eigenvalue weighted by Gasteiger charge is -2.30. The summed E-state index contributed by atoms with van der Waals surface area (Å²) in [6.07, 6.45) is 2.43. The molecule has 0 aromatic heterocycles. The van der Waals surface area contributed by atoms with Crippen molar-refractivity contribution in [3.8, 4) is 5.75 Å². The van der Waals surface area contributed by atoms with Crippen LogP contribution in [0.1, 0.15) is 18.4 Å². The number of carbonyl (C=O) groups excluding carboxylic acids is 1. The van der Waals surface area contributed by atoms with Gasteiger partial charge < -0.3 is 24.6 Å². The normalized spacial score (nSPS) is 21.5. The Morgan fingerprint density at radius 3 is 2.88 bits per heavy atom. The van der Waals surface area contributed by atoms with Gasteiger partial charge in [-0.2, -0.15) is 0 Å². The number of amides is 1. The molecule has 1 atom stereocenters. The molecule has 0 aliphatic carbocycles. The zero-order chi connectivity index (χ0) is 17.5. The Bertz CT molecular complexity index is 561. The topological polar surface area (TPSA) is 54.0 Å². The minimum atomic E-state index is 0.0823. The molecule has 2 aliphatic rings. The first-order valence-corrected chi connectivity index (χ1v) is 9.22. The van der Waals surface area contributed by atoms with Crippen molar-refractivity contribution in [3.05, 3.63) is 29.8 Å². The van der Waals surface area contributed by atoms with E-state index in [4.69, 9.17) is 9.47 Å². The number of para-hydroxylation sites is 1. The first-order chi connectivity index (χ1) is 12.2. The molecule has 2 aliphatic heterocycles.